The van der Waals surface area contributed by atoms with E-state index < -0.39 is 5.97 Å². The smallest absolute Gasteiger partial charge is 0.335 e. The van der Waals surface area contributed by atoms with E-state index in [-0.39, 0.29) is 11.5 Å². The number of primary amides is 1. The summed E-state index contributed by atoms with van der Waals surface area (Å²) in [5.41, 5.74) is 5.88. The molecule has 0 radical (unpaired) electrons. The fraction of sp³-hybridized carbons (Fsp3) is 0.417. The van der Waals surface area contributed by atoms with E-state index in [1.807, 2.05) is 0 Å². The molecule has 6 nitrogen and oxygen atoms in total. The number of rotatable bonds is 7. The number of carboxylic acid groups (broad SMARTS) is 1. The standard InChI is InChI=1S/C12H17N3O3/c1-8-6-9(12(17)18)7-11(15-8)14-5-3-2-4-10(13)16/h6-7H,2-5H2,1H3,(H2,13,16)(H,14,15)(H,17,18). The van der Waals surface area contributed by atoms with Crippen molar-refractivity contribution >= 4 is 17.7 Å². The largest absolute Gasteiger partial charge is 0.478 e. The van der Waals surface area contributed by atoms with Crippen molar-refractivity contribution in [3.63, 3.8) is 0 Å². The van der Waals surface area contributed by atoms with Crippen molar-refractivity contribution in [2.75, 3.05) is 11.9 Å². The lowest BCUT2D eigenvalue weighted by Gasteiger charge is -2.07. The van der Waals surface area contributed by atoms with E-state index in [9.17, 15) is 9.59 Å². The first-order chi connectivity index (χ1) is 8.49. The maximum absolute atomic E-state index is 10.8. The van der Waals surface area contributed by atoms with Crippen molar-refractivity contribution in [1.82, 2.24) is 4.98 Å². The zero-order valence-electron chi connectivity index (χ0n) is 10.3. The van der Waals surface area contributed by atoms with Crippen LogP contribution in [0.3, 0.4) is 0 Å². The number of hydrogen-bond donors (Lipinski definition) is 3. The van der Waals surface area contributed by atoms with Gasteiger partial charge in [0.05, 0.1) is 5.56 Å². The van der Waals surface area contributed by atoms with Crippen LogP contribution in [-0.4, -0.2) is 28.5 Å². The summed E-state index contributed by atoms with van der Waals surface area (Å²) in [5, 5.41) is 11.9. The quantitative estimate of drug-likeness (QED) is 0.630. The van der Waals surface area contributed by atoms with Crippen molar-refractivity contribution in [3.8, 4) is 0 Å². The predicted molar refractivity (Wildman–Crippen MR) is 67.5 cm³/mol. The summed E-state index contributed by atoms with van der Waals surface area (Å²) in [7, 11) is 0. The number of nitrogens with zero attached hydrogens (tertiary/aromatic N) is 1. The number of nitrogens with two attached hydrogens (primary N) is 1. The number of carbonyl (C=O) groups is 2. The Bertz CT molecular complexity index is 446. The molecule has 98 valence electrons. The van der Waals surface area contributed by atoms with Crippen LogP contribution < -0.4 is 11.1 Å². The molecule has 0 fully saturated rings. The maximum atomic E-state index is 10.8. The van der Waals surface area contributed by atoms with E-state index in [0.29, 0.717) is 30.9 Å². The van der Waals surface area contributed by atoms with Gasteiger partial charge in [0.1, 0.15) is 5.82 Å². The highest BCUT2D eigenvalue weighted by Crippen LogP contribution is 2.10. The van der Waals surface area contributed by atoms with Gasteiger partial charge in [0, 0.05) is 18.7 Å². The van der Waals surface area contributed by atoms with Crippen LogP contribution in [0.2, 0.25) is 0 Å². The van der Waals surface area contributed by atoms with Gasteiger partial charge < -0.3 is 16.2 Å². The van der Waals surface area contributed by atoms with E-state index >= 15 is 0 Å². The monoisotopic (exact) mass is 251 g/mol. The van der Waals surface area contributed by atoms with Gasteiger partial charge in [0.2, 0.25) is 5.91 Å². The van der Waals surface area contributed by atoms with Crippen LogP contribution in [-0.2, 0) is 4.79 Å². The number of aryl methyl sites for hydroxylation is 1. The summed E-state index contributed by atoms with van der Waals surface area (Å²) in [6.07, 6.45) is 1.85. The lowest BCUT2D eigenvalue weighted by atomic mass is 10.2. The molecule has 0 aliphatic heterocycles. The average Bonchev–Trinajstić information content (AvgIpc) is 2.27. The normalized spacial score (nSPS) is 10.1. The predicted octanol–water partition coefficient (Wildman–Crippen LogP) is 1.16. The van der Waals surface area contributed by atoms with Crippen LogP contribution in [0, 0.1) is 6.92 Å². The summed E-state index contributed by atoms with van der Waals surface area (Å²) in [5.74, 6) is -0.749. The highest BCUT2D eigenvalue weighted by Gasteiger charge is 2.06. The Labute approximate surface area is 105 Å². The Hall–Kier alpha value is -2.11. The zero-order valence-corrected chi connectivity index (χ0v) is 10.3. The minimum atomic E-state index is -0.975. The van der Waals surface area contributed by atoms with Gasteiger partial charge in [-0.1, -0.05) is 0 Å². The summed E-state index contributed by atoms with van der Waals surface area (Å²) in [4.78, 5) is 25.6. The third-order valence-electron chi connectivity index (χ3n) is 2.36. The fourth-order valence-electron chi connectivity index (χ4n) is 1.52. The highest BCUT2D eigenvalue weighted by atomic mass is 16.4. The third kappa shape index (κ3) is 4.82. The number of carboxylic acids is 1. The van der Waals surface area contributed by atoms with E-state index in [4.69, 9.17) is 10.8 Å². The minimum absolute atomic E-state index is 0.210. The molecule has 4 N–H and O–H groups in total. The van der Waals surface area contributed by atoms with Gasteiger partial charge >= 0.3 is 5.97 Å². The van der Waals surface area contributed by atoms with Gasteiger partial charge in [-0.2, -0.15) is 0 Å². The number of aromatic nitrogens is 1. The number of hydrogen-bond acceptors (Lipinski definition) is 4. The molecule has 0 spiro atoms. The first-order valence-electron chi connectivity index (χ1n) is 5.73. The van der Waals surface area contributed by atoms with Gasteiger partial charge in [-0.05, 0) is 31.9 Å². The van der Waals surface area contributed by atoms with Crippen LogP contribution in [0.15, 0.2) is 12.1 Å². The number of anilines is 1. The number of carbonyl (C=O) groups excluding carboxylic acids is 1. The van der Waals surface area contributed by atoms with Gasteiger partial charge in [-0.3, -0.25) is 4.79 Å². The van der Waals surface area contributed by atoms with Crippen LogP contribution in [0.25, 0.3) is 0 Å². The molecule has 0 atom stereocenters. The Kier molecular flexibility index (Phi) is 5.10. The molecule has 0 saturated heterocycles. The molecular weight excluding hydrogens is 234 g/mol. The molecule has 0 aromatic carbocycles. The number of aromatic carboxylic acids is 1. The molecule has 1 rings (SSSR count). The average molecular weight is 251 g/mol. The molecule has 6 heteroatoms. The molecule has 0 saturated carbocycles. The second-order valence-corrected chi connectivity index (χ2v) is 4.04. The minimum Gasteiger partial charge on any atom is -0.478 e. The van der Waals surface area contributed by atoms with Crippen molar-refractivity contribution in [2.45, 2.75) is 26.2 Å². The fourth-order valence-corrected chi connectivity index (χ4v) is 1.52. The summed E-state index contributed by atoms with van der Waals surface area (Å²) >= 11 is 0. The van der Waals surface area contributed by atoms with E-state index in [0.717, 1.165) is 6.42 Å². The van der Waals surface area contributed by atoms with Crippen molar-refractivity contribution in [1.29, 1.82) is 0 Å². The first kappa shape index (κ1) is 14.0. The molecule has 0 unspecified atom stereocenters. The summed E-state index contributed by atoms with van der Waals surface area (Å²) in [6, 6.07) is 3.00. The highest BCUT2D eigenvalue weighted by molar-refractivity contribution is 5.88. The Morgan fingerprint density at radius 2 is 2.11 bits per heavy atom. The van der Waals surface area contributed by atoms with Gasteiger partial charge in [-0.15, -0.1) is 0 Å². The lowest BCUT2D eigenvalue weighted by Crippen LogP contribution is -2.11. The molecule has 1 heterocycles. The van der Waals surface area contributed by atoms with Crippen molar-refractivity contribution in [2.24, 2.45) is 5.73 Å². The Balaban J connectivity index is 2.47. The second kappa shape index (κ2) is 6.58. The number of amides is 1. The summed E-state index contributed by atoms with van der Waals surface area (Å²) in [6.45, 7) is 2.37. The maximum Gasteiger partial charge on any atom is 0.335 e. The van der Waals surface area contributed by atoms with Crippen LogP contribution in [0.4, 0.5) is 5.82 Å². The molecule has 1 amide bonds. The second-order valence-electron chi connectivity index (χ2n) is 4.04. The van der Waals surface area contributed by atoms with Crippen LogP contribution >= 0.6 is 0 Å². The van der Waals surface area contributed by atoms with Crippen molar-refractivity contribution < 1.29 is 14.7 Å². The molecule has 0 aliphatic carbocycles. The van der Waals surface area contributed by atoms with Gasteiger partial charge in [-0.25, -0.2) is 9.78 Å². The number of pyridine rings is 1. The molecule has 0 bridgehead atoms. The third-order valence-corrected chi connectivity index (χ3v) is 2.36. The zero-order chi connectivity index (χ0) is 13.5. The number of unbranched alkanes of at least 4 members (excludes halogenated alkanes) is 1. The molecule has 1 aromatic rings. The van der Waals surface area contributed by atoms with Gasteiger partial charge in [0.25, 0.3) is 0 Å². The van der Waals surface area contributed by atoms with Crippen LogP contribution in [0.1, 0.15) is 35.3 Å². The van der Waals surface area contributed by atoms with Gasteiger partial charge in [0.15, 0.2) is 0 Å². The van der Waals surface area contributed by atoms with E-state index in [1.54, 1.807) is 6.92 Å². The van der Waals surface area contributed by atoms with E-state index in [1.165, 1.54) is 12.1 Å². The first-order valence-corrected chi connectivity index (χ1v) is 5.73. The Morgan fingerprint density at radius 1 is 1.39 bits per heavy atom. The SMILES string of the molecule is Cc1cc(C(=O)O)cc(NCCCCC(N)=O)n1. The van der Waals surface area contributed by atoms with Crippen molar-refractivity contribution in [3.05, 3.63) is 23.4 Å². The molecular formula is C12H17N3O3. The van der Waals surface area contributed by atoms with E-state index in [2.05, 4.69) is 10.3 Å². The van der Waals surface area contributed by atoms with Crippen LogP contribution in [0.5, 0.6) is 0 Å². The molecule has 1 aromatic heterocycles. The lowest BCUT2D eigenvalue weighted by molar-refractivity contribution is -0.118. The number of nitrogens with one attached hydrogen (secondary N) is 1. The summed E-state index contributed by atoms with van der Waals surface area (Å²) < 4.78 is 0. The Morgan fingerprint density at radius 3 is 2.72 bits per heavy atom. The molecule has 0 aliphatic rings. The molecule has 18 heavy (non-hydrogen) atoms. The topological polar surface area (TPSA) is 105 Å².